The van der Waals surface area contributed by atoms with Gasteiger partial charge in [-0.1, -0.05) is 45.6 Å². The smallest absolute Gasteiger partial charge is 0.143 e. The van der Waals surface area contributed by atoms with Crippen LogP contribution in [-0.2, 0) is 0 Å². The first-order chi connectivity index (χ1) is 8.43. The van der Waals surface area contributed by atoms with Gasteiger partial charge in [-0.3, -0.25) is 0 Å². The Bertz CT molecular complexity index is 567. The van der Waals surface area contributed by atoms with Crippen LogP contribution in [0.2, 0.25) is 0 Å². The van der Waals surface area contributed by atoms with E-state index in [0.717, 1.165) is 10.9 Å². The summed E-state index contributed by atoms with van der Waals surface area (Å²) < 4.78 is 0. The van der Waals surface area contributed by atoms with Crippen molar-refractivity contribution in [2.24, 2.45) is 0 Å². The van der Waals surface area contributed by atoms with Crippen LogP contribution in [0.3, 0.4) is 0 Å². The molecule has 0 saturated carbocycles. The molecule has 0 fully saturated rings. The molecule has 18 heavy (non-hydrogen) atoms. The average Bonchev–Trinajstić information content (AvgIpc) is 2.35. The van der Waals surface area contributed by atoms with Crippen LogP contribution in [0.25, 0.3) is 11.1 Å². The zero-order valence-corrected chi connectivity index (χ0v) is 11.8. The molecule has 1 nitrogen and oxygen atoms in total. The molecule has 5 heteroatoms. The number of hydrogen-bond donors (Lipinski definition) is 1. The molecule has 86 valence electrons. The molecular formula is C13H16B4O. The second kappa shape index (κ2) is 4.64. The second-order valence-electron chi connectivity index (χ2n) is 5.06. The predicted octanol–water partition coefficient (Wildman–Crippen LogP) is -3.60. The van der Waals surface area contributed by atoms with E-state index in [1.165, 1.54) is 27.6 Å². The van der Waals surface area contributed by atoms with Crippen molar-refractivity contribution in [2.45, 2.75) is 6.92 Å². The molecule has 0 aliphatic heterocycles. The van der Waals surface area contributed by atoms with Crippen molar-refractivity contribution in [3.05, 3.63) is 29.8 Å². The molecule has 0 bridgehead atoms. The molecule has 2 aromatic rings. The number of hydrogen-bond acceptors (Lipinski definition) is 1. The maximum absolute atomic E-state index is 9.74. The Morgan fingerprint density at radius 2 is 1.22 bits per heavy atom. The van der Waals surface area contributed by atoms with Crippen LogP contribution in [0.4, 0.5) is 0 Å². The Morgan fingerprint density at radius 1 is 0.722 bits per heavy atom. The third-order valence-electron chi connectivity index (χ3n) is 4.11. The highest BCUT2D eigenvalue weighted by molar-refractivity contribution is 6.54. The van der Waals surface area contributed by atoms with Gasteiger partial charge in [-0.05, 0) is 24.1 Å². The summed E-state index contributed by atoms with van der Waals surface area (Å²) in [5.41, 5.74) is 8.58. The quantitative estimate of drug-likeness (QED) is 0.503. The van der Waals surface area contributed by atoms with Crippen LogP contribution < -0.4 is 21.9 Å². The zero-order chi connectivity index (χ0) is 13.4. The maximum atomic E-state index is 9.74. The fraction of sp³-hybridized carbons (Fsp3) is 0.0769. The molecule has 0 aliphatic rings. The maximum Gasteiger partial charge on any atom is 0.143 e. The van der Waals surface area contributed by atoms with Gasteiger partial charge in [-0.2, -0.15) is 0 Å². The summed E-state index contributed by atoms with van der Waals surface area (Å²) in [7, 11) is 8.36. The first-order valence-corrected chi connectivity index (χ1v) is 6.29. The second-order valence-corrected chi connectivity index (χ2v) is 5.06. The third kappa shape index (κ3) is 1.98. The van der Waals surface area contributed by atoms with Crippen molar-refractivity contribution in [1.29, 1.82) is 0 Å². The Balaban J connectivity index is 2.71. The summed E-state index contributed by atoms with van der Waals surface area (Å²) in [6, 6.07) is 8.14. The number of aromatic hydroxyl groups is 1. The van der Waals surface area contributed by atoms with Gasteiger partial charge in [-0.25, -0.2) is 0 Å². The van der Waals surface area contributed by atoms with Crippen molar-refractivity contribution in [2.75, 3.05) is 0 Å². The van der Waals surface area contributed by atoms with E-state index >= 15 is 0 Å². The Hall–Kier alpha value is -1.50. The molecule has 0 amide bonds. The van der Waals surface area contributed by atoms with Gasteiger partial charge in [0.2, 0.25) is 0 Å². The lowest BCUT2D eigenvalue weighted by atomic mass is 9.70. The fourth-order valence-corrected chi connectivity index (χ4v) is 2.35. The Labute approximate surface area is 112 Å². The normalized spacial score (nSPS) is 10.5. The summed E-state index contributed by atoms with van der Waals surface area (Å²) in [5, 5.41) is 9.74. The SMILES string of the molecule is Bc1c(C)ccc(-c2ccc(O)c(B)c2B)c1B. The molecule has 2 aromatic carbocycles. The number of phenols is 1. The lowest BCUT2D eigenvalue weighted by molar-refractivity contribution is 0.480. The largest absolute Gasteiger partial charge is 0.509 e. The summed E-state index contributed by atoms with van der Waals surface area (Å²) >= 11 is 0. The molecule has 0 spiro atoms. The van der Waals surface area contributed by atoms with E-state index in [4.69, 9.17) is 0 Å². The number of aryl methyl sites for hydroxylation is 1. The summed E-state index contributed by atoms with van der Waals surface area (Å²) in [5.74, 6) is 0.373. The number of benzene rings is 2. The Morgan fingerprint density at radius 3 is 1.83 bits per heavy atom. The molecule has 0 aliphatic carbocycles. The van der Waals surface area contributed by atoms with Gasteiger partial charge in [0.15, 0.2) is 0 Å². The van der Waals surface area contributed by atoms with E-state index in [1.807, 2.05) is 13.9 Å². The number of phenolic OH excluding ortho intramolecular Hbond substituents is 1. The summed E-state index contributed by atoms with van der Waals surface area (Å²) in [4.78, 5) is 0. The van der Waals surface area contributed by atoms with Crippen LogP contribution in [-0.4, -0.2) is 36.5 Å². The van der Waals surface area contributed by atoms with E-state index in [9.17, 15) is 5.11 Å². The lowest BCUT2D eigenvalue weighted by Gasteiger charge is -2.16. The van der Waals surface area contributed by atoms with Crippen LogP contribution >= 0.6 is 0 Å². The summed E-state index contributed by atoms with van der Waals surface area (Å²) in [6.45, 7) is 2.14. The van der Waals surface area contributed by atoms with Gasteiger partial charge < -0.3 is 5.11 Å². The van der Waals surface area contributed by atoms with Gasteiger partial charge in [-0.15, -0.1) is 0 Å². The predicted molar refractivity (Wildman–Crippen MR) is 91.0 cm³/mol. The lowest BCUT2D eigenvalue weighted by Crippen LogP contribution is -2.33. The monoisotopic (exact) mass is 232 g/mol. The molecule has 2 rings (SSSR count). The minimum Gasteiger partial charge on any atom is -0.509 e. The van der Waals surface area contributed by atoms with Crippen LogP contribution in [0.1, 0.15) is 5.56 Å². The zero-order valence-electron chi connectivity index (χ0n) is 11.8. The van der Waals surface area contributed by atoms with Gasteiger partial charge in [0.25, 0.3) is 0 Å². The first kappa shape index (κ1) is 12.9. The van der Waals surface area contributed by atoms with Crippen LogP contribution in [0, 0.1) is 6.92 Å². The van der Waals surface area contributed by atoms with Gasteiger partial charge in [0, 0.05) is 0 Å². The topological polar surface area (TPSA) is 20.2 Å². The van der Waals surface area contributed by atoms with E-state index < -0.39 is 0 Å². The molecule has 0 saturated heterocycles. The Kier molecular flexibility index (Phi) is 3.34. The first-order valence-electron chi connectivity index (χ1n) is 6.29. The molecule has 0 atom stereocenters. The van der Waals surface area contributed by atoms with E-state index in [-0.39, 0.29) is 0 Å². The average molecular weight is 232 g/mol. The van der Waals surface area contributed by atoms with Crippen molar-refractivity contribution >= 4 is 53.2 Å². The molecule has 0 heterocycles. The fourth-order valence-electron chi connectivity index (χ4n) is 2.35. The minimum absolute atomic E-state index is 0.373. The van der Waals surface area contributed by atoms with Crippen LogP contribution in [0.15, 0.2) is 24.3 Å². The number of rotatable bonds is 1. The molecule has 0 radical (unpaired) electrons. The molecular weight excluding hydrogens is 215 g/mol. The van der Waals surface area contributed by atoms with E-state index in [2.05, 4.69) is 42.6 Å². The van der Waals surface area contributed by atoms with Crippen molar-refractivity contribution in [1.82, 2.24) is 0 Å². The van der Waals surface area contributed by atoms with E-state index in [1.54, 1.807) is 6.07 Å². The minimum atomic E-state index is 0.373. The van der Waals surface area contributed by atoms with Crippen molar-refractivity contribution in [3.63, 3.8) is 0 Å². The third-order valence-corrected chi connectivity index (χ3v) is 4.11. The van der Waals surface area contributed by atoms with Gasteiger partial charge in [0.1, 0.15) is 37.1 Å². The molecule has 1 N–H and O–H groups in total. The highest BCUT2D eigenvalue weighted by Gasteiger charge is 2.10. The molecule has 0 unspecified atom stereocenters. The highest BCUT2D eigenvalue weighted by atomic mass is 16.3. The highest BCUT2D eigenvalue weighted by Crippen LogP contribution is 2.16. The molecule has 0 aromatic heterocycles. The standard InChI is InChI=1S/C13H16B4O/c1-6-2-3-7(11(15)10(6)14)8-4-5-9(18)13(17)12(8)16/h2-5,18H,14-17H2,1H3. The van der Waals surface area contributed by atoms with Crippen LogP contribution in [0.5, 0.6) is 5.75 Å². The van der Waals surface area contributed by atoms with Crippen molar-refractivity contribution < 1.29 is 5.11 Å². The van der Waals surface area contributed by atoms with Crippen molar-refractivity contribution in [3.8, 4) is 16.9 Å². The summed E-state index contributed by atoms with van der Waals surface area (Å²) in [6.07, 6.45) is 0. The van der Waals surface area contributed by atoms with Gasteiger partial charge >= 0.3 is 0 Å². The van der Waals surface area contributed by atoms with Gasteiger partial charge in [0.05, 0.1) is 0 Å². The van der Waals surface area contributed by atoms with E-state index in [0.29, 0.717) is 5.75 Å².